The van der Waals surface area contributed by atoms with Crippen molar-refractivity contribution in [1.29, 1.82) is 0 Å². The van der Waals surface area contributed by atoms with Gasteiger partial charge in [0.05, 0.1) is 13.2 Å². The highest BCUT2D eigenvalue weighted by Gasteiger charge is 2.34. The second-order valence-electron chi connectivity index (χ2n) is 4.91. The Labute approximate surface area is 112 Å². The van der Waals surface area contributed by atoms with Gasteiger partial charge in [0, 0.05) is 38.3 Å². The van der Waals surface area contributed by atoms with Crippen LogP contribution in [-0.2, 0) is 5.92 Å². The maximum atomic E-state index is 14.1. The Bertz CT molecular complexity index is 378. The molecule has 1 saturated heterocycles. The van der Waals surface area contributed by atoms with E-state index in [4.69, 9.17) is 5.11 Å². The Morgan fingerprint density at radius 1 is 1.00 bits per heavy atom. The highest BCUT2D eigenvalue weighted by Crippen LogP contribution is 2.28. The van der Waals surface area contributed by atoms with Crippen molar-refractivity contribution >= 4 is 0 Å². The Hall–Kier alpha value is -1.04. The zero-order valence-corrected chi connectivity index (χ0v) is 10.9. The van der Waals surface area contributed by atoms with Crippen molar-refractivity contribution in [3.05, 3.63) is 35.9 Å². The Morgan fingerprint density at radius 2 is 1.58 bits per heavy atom. The molecule has 1 N–H and O–H groups in total. The predicted octanol–water partition coefficient (Wildman–Crippen LogP) is 1.39. The van der Waals surface area contributed by atoms with E-state index >= 15 is 0 Å². The molecule has 19 heavy (non-hydrogen) atoms. The van der Waals surface area contributed by atoms with Gasteiger partial charge < -0.3 is 5.11 Å². The van der Waals surface area contributed by atoms with Gasteiger partial charge >= 0.3 is 0 Å². The van der Waals surface area contributed by atoms with E-state index in [-0.39, 0.29) is 18.7 Å². The van der Waals surface area contributed by atoms with E-state index in [0.717, 1.165) is 13.1 Å². The number of halogens is 2. The molecule has 2 rings (SSSR count). The first kappa shape index (κ1) is 14.4. The topological polar surface area (TPSA) is 26.7 Å². The number of benzene rings is 1. The number of aliphatic hydroxyl groups is 1. The van der Waals surface area contributed by atoms with Crippen LogP contribution in [0.4, 0.5) is 8.78 Å². The largest absolute Gasteiger partial charge is 0.395 e. The molecule has 1 fully saturated rings. The fourth-order valence-corrected chi connectivity index (χ4v) is 2.37. The number of piperazine rings is 1. The maximum absolute atomic E-state index is 14.1. The van der Waals surface area contributed by atoms with Crippen LogP contribution in [0.2, 0.25) is 0 Å². The van der Waals surface area contributed by atoms with E-state index in [1.54, 1.807) is 23.1 Å². The maximum Gasteiger partial charge on any atom is 0.285 e. The van der Waals surface area contributed by atoms with Crippen LogP contribution in [-0.4, -0.2) is 60.8 Å². The van der Waals surface area contributed by atoms with Gasteiger partial charge in [0.25, 0.3) is 5.92 Å². The molecule has 1 aromatic rings. The van der Waals surface area contributed by atoms with Crippen LogP contribution in [0.3, 0.4) is 0 Å². The SMILES string of the molecule is OCCN1CCN(CC(F)(F)c2ccccc2)CC1. The molecule has 0 radical (unpaired) electrons. The molecule has 5 heteroatoms. The lowest BCUT2D eigenvalue weighted by atomic mass is 10.1. The summed E-state index contributed by atoms with van der Waals surface area (Å²) in [7, 11) is 0. The average molecular weight is 270 g/mol. The average Bonchev–Trinajstić information content (AvgIpc) is 2.42. The van der Waals surface area contributed by atoms with Crippen molar-refractivity contribution in [2.75, 3.05) is 45.9 Å². The second kappa shape index (κ2) is 6.41. The minimum Gasteiger partial charge on any atom is -0.395 e. The van der Waals surface area contributed by atoms with Gasteiger partial charge in [0.2, 0.25) is 0 Å². The molecule has 3 nitrogen and oxygen atoms in total. The highest BCUT2D eigenvalue weighted by atomic mass is 19.3. The van der Waals surface area contributed by atoms with E-state index < -0.39 is 5.92 Å². The third-order valence-corrected chi connectivity index (χ3v) is 3.50. The summed E-state index contributed by atoms with van der Waals surface area (Å²) in [5.41, 5.74) is 0.0767. The van der Waals surface area contributed by atoms with Gasteiger partial charge in [-0.2, -0.15) is 8.78 Å². The number of rotatable bonds is 5. The van der Waals surface area contributed by atoms with Gasteiger partial charge in [-0.05, 0) is 0 Å². The molecule has 1 aliphatic heterocycles. The number of hydrogen-bond donors (Lipinski definition) is 1. The molecule has 106 valence electrons. The zero-order valence-electron chi connectivity index (χ0n) is 10.9. The summed E-state index contributed by atoms with van der Waals surface area (Å²) in [6, 6.07) is 7.97. The molecular formula is C14H20F2N2O. The summed E-state index contributed by atoms with van der Waals surface area (Å²) >= 11 is 0. The van der Waals surface area contributed by atoms with Crippen molar-refractivity contribution in [2.45, 2.75) is 5.92 Å². The second-order valence-corrected chi connectivity index (χ2v) is 4.91. The molecule has 0 aliphatic carbocycles. The monoisotopic (exact) mass is 270 g/mol. The number of aliphatic hydroxyl groups excluding tert-OH is 1. The molecule has 0 bridgehead atoms. The molecule has 0 unspecified atom stereocenters. The third kappa shape index (κ3) is 3.96. The lowest BCUT2D eigenvalue weighted by Gasteiger charge is -2.36. The van der Waals surface area contributed by atoms with Gasteiger partial charge in [0.15, 0.2) is 0 Å². The van der Waals surface area contributed by atoms with Crippen LogP contribution in [0.5, 0.6) is 0 Å². The van der Waals surface area contributed by atoms with Crippen LogP contribution >= 0.6 is 0 Å². The molecule has 0 spiro atoms. The Balaban J connectivity index is 1.88. The summed E-state index contributed by atoms with van der Waals surface area (Å²) in [5.74, 6) is -2.81. The fourth-order valence-electron chi connectivity index (χ4n) is 2.37. The van der Waals surface area contributed by atoms with E-state index in [0.29, 0.717) is 19.6 Å². The van der Waals surface area contributed by atoms with E-state index in [9.17, 15) is 8.78 Å². The first-order valence-corrected chi connectivity index (χ1v) is 6.61. The van der Waals surface area contributed by atoms with Crippen molar-refractivity contribution in [3.8, 4) is 0 Å². The molecule has 0 atom stereocenters. The lowest BCUT2D eigenvalue weighted by Crippen LogP contribution is -2.49. The zero-order chi connectivity index (χ0) is 13.7. The molecule has 1 aromatic carbocycles. The van der Waals surface area contributed by atoms with E-state index in [2.05, 4.69) is 4.90 Å². The first-order chi connectivity index (χ1) is 9.12. The van der Waals surface area contributed by atoms with E-state index in [1.807, 2.05) is 0 Å². The smallest absolute Gasteiger partial charge is 0.285 e. The summed E-state index contributed by atoms with van der Waals surface area (Å²) in [6.07, 6.45) is 0. The van der Waals surface area contributed by atoms with Gasteiger partial charge in [-0.25, -0.2) is 0 Å². The van der Waals surface area contributed by atoms with Crippen LogP contribution in [0.15, 0.2) is 30.3 Å². The number of hydrogen-bond acceptors (Lipinski definition) is 3. The number of nitrogens with zero attached hydrogens (tertiary/aromatic N) is 2. The van der Waals surface area contributed by atoms with Gasteiger partial charge in [-0.15, -0.1) is 0 Å². The molecular weight excluding hydrogens is 250 g/mol. The van der Waals surface area contributed by atoms with Gasteiger partial charge in [0.1, 0.15) is 0 Å². The third-order valence-electron chi connectivity index (χ3n) is 3.50. The standard InChI is InChI=1S/C14H20F2N2O/c15-14(16,13-4-2-1-3-5-13)12-18-8-6-17(7-9-18)10-11-19/h1-5,19H,6-12H2. The van der Waals surface area contributed by atoms with Crippen LogP contribution in [0.25, 0.3) is 0 Å². The Morgan fingerprint density at radius 3 is 2.16 bits per heavy atom. The summed E-state index contributed by atoms with van der Waals surface area (Å²) in [4.78, 5) is 3.89. The normalized spacial score (nSPS) is 18.7. The molecule has 1 heterocycles. The number of alkyl halides is 2. The lowest BCUT2D eigenvalue weighted by molar-refractivity contribution is -0.0478. The number of β-amino-alcohol motifs (C(OH)–C–C–N with tert-alkyl or cyclic N) is 1. The minimum absolute atomic E-state index is 0.0767. The molecule has 0 amide bonds. The predicted molar refractivity (Wildman–Crippen MR) is 70.3 cm³/mol. The summed E-state index contributed by atoms with van der Waals surface area (Å²) < 4.78 is 28.2. The minimum atomic E-state index is -2.81. The fraction of sp³-hybridized carbons (Fsp3) is 0.571. The van der Waals surface area contributed by atoms with Crippen molar-refractivity contribution in [1.82, 2.24) is 9.80 Å². The van der Waals surface area contributed by atoms with Gasteiger partial charge in [-0.1, -0.05) is 30.3 Å². The van der Waals surface area contributed by atoms with Crippen molar-refractivity contribution in [2.24, 2.45) is 0 Å². The highest BCUT2D eigenvalue weighted by molar-refractivity contribution is 5.20. The van der Waals surface area contributed by atoms with Crippen LogP contribution < -0.4 is 0 Å². The summed E-state index contributed by atoms with van der Waals surface area (Å²) in [5, 5.41) is 8.84. The van der Waals surface area contributed by atoms with Crippen molar-refractivity contribution in [3.63, 3.8) is 0 Å². The molecule has 0 saturated carbocycles. The molecule has 1 aliphatic rings. The Kier molecular flexibility index (Phi) is 4.85. The first-order valence-electron chi connectivity index (χ1n) is 6.61. The quantitative estimate of drug-likeness (QED) is 0.876. The summed E-state index contributed by atoms with van der Waals surface area (Å²) in [6.45, 7) is 3.26. The molecule has 0 aromatic heterocycles. The van der Waals surface area contributed by atoms with E-state index in [1.165, 1.54) is 12.1 Å². The van der Waals surface area contributed by atoms with Gasteiger partial charge in [-0.3, -0.25) is 9.80 Å². The van der Waals surface area contributed by atoms with Crippen LogP contribution in [0.1, 0.15) is 5.56 Å². The van der Waals surface area contributed by atoms with Crippen LogP contribution in [0, 0.1) is 0 Å². The van der Waals surface area contributed by atoms with Crippen molar-refractivity contribution < 1.29 is 13.9 Å².